The molecule has 0 aliphatic carbocycles. The third-order valence-electron chi connectivity index (χ3n) is 3.16. The molecule has 0 aromatic rings. The van der Waals surface area contributed by atoms with Crippen molar-refractivity contribution in [2.24, 2.45) is 11.7 Å². The normalized spacial score (nSPS) is 15.2. The Hall–Kier alpha value is -0.610. The Morgan fingerprint density at radius 2 is 1.81 bits per heavy atom. The van der Waals surface area contributed by atoms with Gasteiger partial charge in [-0.15, -0.1) is 0 Å². The first-order valence-corrected chi connectivity index (χ1v) is 6.13. The molecule has 0 aliphatic rings. The molecule has 0 fully saturated rings. The molecule has 3 N–H and O–H groups in total. The zero-order valence-electron chi connectivity index (χ0n) is 11.3. The molecule has 0 radical (unpaired) electrons. The maximum atomic E-state index is 11.4. The van der Waals surface area contributed by atoms with Crippen molar-refractivity contribution in [2.75, 3.05) is 20.6 Å². The van der Waals surface area contributed by atoms with E-state index < -0.39 is 6.04 Å². The number of carbonyl (C=O) groups excluding carboxylic acids is 1. The molecule has 96 valence electrons. The molecule has 0 aromatic heterocycles. The summed E-state index contributed by atoms with van der Waals surface area (Å²) in [5.74, 6) is 0.543. The van der Waals surface area contributed by atoms with Crippen molar-refractivity contribution < 1.29 is 4.79 Å². The predicted molar refractivity (Wildman–Crippen MR) is 68.2 cm³/mol. The molecule has 0 saturated heterocycles. The van der Waals surface area contributed by atoms with Gasteiger partial charge in [0.05, 0.1) is 6.04 Å². The van der Waals surface area contributed by atoms with Crippen molar-refractivity contribution in [2.45, 2.75) is 45.7 Å². The molecule has 4 nitrogen and oxygen atoms in total. The van der Waals surface area contributed by atoms with Crippen molar-refractivity contribution in [3.8, 4) is 0 Å². The Kier molecular flexibility index (Phi) is 7.34. The van der Waals surface area contributed by atoms with Crippen LogP contribution < -0.4 is 11.1 Å². The van der Waals surface area contributed by atoms with E-state index in [0.717, 1.165) is 12.8 Å². The Morgan fingerprint density at radius 3 is 2.12 bits per heavy atom. The second-order valence-corrected chi connectivity index (χ2v) is 4.64. The summed E-state index contributed by atoms with van der Waals surface area (Å²) in [6.45, 7) is 6.77. The van der Waals surface area contributed by atoms with Gasteiger partial charge in [-0.2, -0.15) is 0 Å². The first kappa shape index (κ1) is 15.4. The fraction of sp³-hybridized carbons (Fsp3) is 0.917. The van der Waals surface area contributed by atoms with Crippen molar-refractivity contribution >= 4 is 5.91 Å². The molecule has 0 aromatic carbocycles. The number of carbonyl (C=O) groups is 1. The minimum Gasteiger partial charge on any atom is -0.353 e. The summed E-state index contributed by atoms with van der Waals surface area (Å²) in [4.78, 5) is 13.6. The summed E-state index contributed by atoms with van der Waals surface area (Å²) in [5.41, 5.74) is 5.51. The number of nitrogens with two attached hydrogens (primary N) is 1. The molecule has 2 atom stereocenters. The lowest BCUT2D eigenvalue weighted by Gasteiger charge is -2.31. The summed E-state index contributed by atoms with van der Waals surface area (Å²) in [6.07, 6.45) is 2.26. The van der Waals surface area contributed by atoms with Gasteiger partial charge in [0, 0.05) is 12.6 Å². The zero-order chi connectivity index (χ0) is 12.7. The van der Waals surface area contributed by atoms with Crippen LogP contribution in [0.2, 0.25) is 0 Å². The molecule has 0 heterocycles. The van der Waals surface area contributed by atoms with E-state index in [0.29, 0.717) is 18.5 Å². The van der Waals surface area contributed by atoms with E-state index in [4.69, 9.17) is 5.73 Å². The Morgan fingerprint density at radius 1 is 1.31 bits per heavy atom. The van der Waals surface area contributed by atoms with Crippen molar-refractivity contribution in [1.29, 1.82) is 0 Å². The number of likely N-dealkylation sites (N-methyl/N-ethyl adjacent to an activating group) is 1. The van der Waals surface area contributed by atoms with Gasteiger partial charge in [-0.25, -0.2) is 0 Å². The third-order valence-corrected chi connectivity index (χ3v) is 3.16. The van der Waals surface area contributed by atoms with E-state index in [2.05, 4.69) is 38.2 Å². The molecular weight excluding hydrogens is 202 g/mol. The molecule has 0 rings (SSSR count). The molecule has 0 spiro atoms. The van der Waals surface area contributed by atoms with E-state index in [1.807, 2.05) is 0 Å². The van der Waals surface area contributed by atoms with Crippen LogP contribution in [0.25, 0.3) is 0 Å². The summed E-state index contributed by atoms with van der Waals surface area (Å²) in [6, 6.07) is -0.0396. The van der Waals surface area contributed by atoms with Gasteiger partial charge in [-0.3, -0.25) is 4.79 Å². The number of amides is 1. The smallest absolute Gasteiger partial charge is 0.236 e. The van der Waals surface area contributed by atoms with Crippen molar-refractivity contribution in [3.05, 3.63) is 0 Å². The van der Waals surface area contributed by atoms with E-state index in [-0.39, 0.29) is 5.91 Å². The SMILES string of the molecule is CCC(CC)C(CNC(=O)C(C)N)N(C)C. The van der Waals surface area contributed by atoms with Gasteiger partial charge in [0.2, 0.25) is 5.91 Å². The molecule has 0 saturated carbocycles. The van der Waals surface area contributed by atoms with Crippen LogP contribution in [-0.4, -0.2) is 43.5 Å². The van der Waals surface area contributed by atoms with E-state index in [1.165, 1.54) is 0 Å². The van der Waals surface area contributed by atoms with Crippen LogP contribution in [0.4, 0.5) is 0 Å². The van der Waals surface area contributed by atoms with Gasteiger partial charge in [0.25, 0.3) is 0 Å². The number of nitrogens with zero attached hydrogens (tertiary/aromatic N) is 1. The van der Waals surface area contributed by atoms with Crippen LogP contribution in [0.3, 0.4) is 0 Å². The van der Waals surface area contributed by atoms with Crippen LogP contribution in [0.15, 0.2) is 0 Å². The quantitative estimate of drug-likeness (QED) is 0.679. The van der Waals surface area contributed by atoms with Crippen LogP contribution >= 0.6 is 0 Å². The minimum absolute atomic E-state index is 0.0715. The second-order valence-electron chi connectivity index (χ2n) is 4.64. The van der Waals surface area contributed by atoms with E-state index in [1.54, 1.807) is 6.92 Å². The zero-order valence-corrected chi connectivity index (χ0v) is 11.3. The predicted octanol–water partition coefficient (Wildman–Crippen LogP) is 0.816. The monoisotopic (exact) mass is 229 g/mol. The average molecular weight is 229 g/mol. The van der Waals surface area contributed by atoms with Gasteiger partial charge in [-0.1, -0.05) is 26.7 Å². The number of nitrogens with one attached hydrogen (secondary N) is 1. The number of hydrogen-bond donors (Lipinski definition) is 2. The number of rotatable bonds is 7. The highest BCUT2D eigenvalue weighted by Crippen LogP contribution is 2.16. The van der Waals surface area contributed by atoms with Crippen LogP contribution in [0, 0.1) is 5.92 Å². The lowest BCUT2D eigenvalue weighted by atomic mass is 9.93. The van der Waals surface area contributed by atoms with Gasteiger partial charge in [-0.05, 0) is 26.9 Å². The largest absolute Gasteiger partial charge is 0.353 e. The Bertz CT molecular complexity index is 200. The Balaban J connectivity index is 4.29. The fourth-order valence-electron chi connectivity index (χ4n) is 1.97. The van der Waals surface area contributed by atoms with Crippen molar-refractivity contribution in [3.63, 3.8) is 0 Å². The lowest BCUT2D eigenvalue weighted by Crippen LogP contribution is -2.48. The van der Waals surface area contributed by atoms with E-state index in [9.17, 15) is 4.79 Å². The van der Waals surface area contributed by atoms with Gasteiger partial charge in [0.1, 0.15) is 0 Å². The maximum absolute atomic E-state index is 11.4. The first-order valence-electron chi connectivity index (χ1n) is 6.13. The third kappa shape index (κ3) is 4.94. The Labute approximate surface area is 99.6 Å². The molecule has 4 heteroatoms. The summed E-state index contributed by atoms with van der Waals surface area (Å²) >= 11 is 0. The molecule has 2 unspecified atom stereocenters. The first-order chi connectivity index (χ1) is 7.43. The highest BCUT2D eigenvalue weighted by atomic mass is 16.2. The average Bonchev–Trinajstić information content (AvgIpc) is 2.22. The van der Waals surface area contributed by atoms with Gasteiger partial charge < -0.3 is 16.0 Å². The summed E-state index contributed by atoms with van der Waals surface area (Å²) in [5, 5.41) is 2.91. The summed E-state index contributed by atoms with van der Waals surface area (Å²) < 4.78 is 0. The molecular formula is C12H27N3O. The fourth-order valence-corrected chi connectivity index (χ4v) is 1.97. The second kappa shape index (κ2) is 7.63. The molecule has 0 bridgehead atoms. The van der Waals surface area contributed by atoms with Crippen LogP contribution in [0.1, 0.15) is 33.6 Å². The molecule has 16 heavy (non-hydrogen) atoms. The minimum atomic E-state index is -0.426. The highest BCUT2D eigenvalue weighted by molar-refractivity contribution is 5.80. The topological polar surface area (TPSA) is 58.4 Å². The molecule has 1 amide bonds. The van der Waals surface area contributed by atoms with Crippen molar-refractivity contribution in [1.82, 2.24) is 10.2 Å². The summed E-state index contributed by atoms with van der Waals surface area (Å²) in [7, 11) is 4.11. The van der Waals surface area contributed by atoms with Gasteiger partial charge in [0.15, 0.2) is 0 Å². The van der Waals surface area contributed by atoms with E-state index >= 15 is 0 Å². The molecule has 0 aliphatic heterocycles. The highest BCUT2D eigenvalue weighted by Gasteiger charge is 2.21. The lowest BCUT2D eigenvalue weighted by molar-refractivity contribution is -0.122. The standard InChI is InChI=1S/C12H27N3O/c1-6-10(7-2)11(15(4)5)8-14-12(16)9(3)13/h9-11H,6-8,13H2,1-5H3,(H,14,16). The number of hydrogen-bond acceptors (Lipinski definition) is 3. The van der Waals surface area contributed by atoms with Crippen LogP contribution in [-0.2, 0) is 4.79 Å². The van der Waals surface area contributed by atoms with Crippen LogP contribution in [0.5, 0.6) is 0 Å². The maximum Gasteiger partial charge on any atom is 0.236 e. The van der Waals surface area contributed by atoms with Gasteiger partial charge >= 0.3 is 0 Å².